The summed E-state index contributed by atoms with van der Waals surface area (Å²) >= 11 is 1.19. The number of rotatable bonds is 7. The molecule has 0 amide bonds. The Bertz CT molecular complexity index is 1060. The Labute approximate surface area is 173 Å². The molecular formula is C21H23N3O4S. The summed E-state index contributed by atoms with van der Waals surface area (Å²) in [6.07, 6.45) is 0. The highest BCUT2D eigenvalue weighted by molar-refractivity contribution is 7.18. The molecule has 0 aliphatic heterocycles. The van der Waals surface area contributed by atoms with Crippen molar-refractivity contribution >= 4 is 33.8 Å². The molecule has 0 atom stereocenters. The molecule has 7 nitrogen and oxygen atoms in total. The summed E-state index contributed by atoms with van der Waals surface area (Å²) in [6, 6.07) is 9.23. The summed E-state index contributed by atoms with van der Waals surface area (Å²) in [4.78, 5) is 17.8. The number of methoxy groups -OCH3 is 3. The molecule has 8 heteroatoms. The van der Waals surface area contributed by atoms with Gasteiger partial charge in [0.05, 0.1) is 26.9 Å². The van der Waals surface area contributed by atoms with Gasteiger partial charge >= 0.3 is 0 Å². The van der Waals surface area contributed by atoms with E-state index in [9.17, 15) is 4.79 Å². The van der Waals surface area contributed by atoms with E-state index in [4.69, 9.17) is 19.9 Å². The van der Waals surface area contributed by atoms with E-state index in [0.29, 0.717) is 27.1 Å². The molecule has 0 bridgehead atoms. The smallest absolute Gasteiger partial charge is 0.210 e. The van der Waals surface area contributed by atoms with Crippen LogP contribution in [0.1, 0.15) is 26.4 Å². The van der Waals surface area contributed by atoms with Gasteiger partial charge in [-0.1, -0.05) is 23.5 Å². The number of ketones is 1. The van der Waals surface area contributed by atoms with Crippen LogP contribution in [0.3, 0.4) is 0 Å². The Morgan fingerprint density at radius 2 is 1.76 bits per heavy atom. The average molecular weight is 413 g/mol. The maximum absolute atomic E-state index is 13.2. The maximum Gasteiger partial charge on any atom is 0.210 e. The molecule has 3 N–H and O–H groups in total. The topological polar surface area (TPSA) is 95.7 Å². The standard InChI is InChI=1S/C21H23N3O4S/c1-11-7-6-8-14(12(11)2)23-21-24-20(22)19(29-21)16(25)13-9-10-15(26-3)18(28-5)17(13)27-4/h6-10H,22H2,1-5H3,(H,23,24). The van der Waals surface area contributed by atoms with Gasteiger partial charge in [0.15, 0.2) is 16.6 Å². The monoisotopic (exact) mass is 413 g/mol. The zero-order chi connectivity index (χ0) is 21.1. The number of carbonyl (C=O) groups excluding carboxylic acids is 1. The summed E-state index contributed by atoms with van der Waals surface area (Å²) in [5.74, 6) is 0.957. The molecule has 0 unspecified atom stereocenters. The number of benzene rings is 2. The van der Waals surface area contributed by atoms with Gasteiger partial charge < -0.3 is 25.3 Å². The van der Waals surface area contributed by atoms with Crippen LogP contribution in [0.2, 0.25) is 0 Å². The van der Waals surface area contributed by atoms with Gasteiger partial charge in [0, 0.05) is 5.69 Å². The first-order chi connectivity index (χ1) is 13.9. The zero-order valence-corrected chi connectivity index (χ0v) is 17.8. The third-order valence-corrected chi connectivity index (χ3v) is 5.64. The summed E-state index contributed by atoms with van der Waals surface area (Å²) in [5.41, 5.74) is 9.56. The average Bonchev–Trinajstić information content (AvgIpc) is 3.09. The van der Waals surface area contributed by atoms with Gasteiger partial charge in [-0.05, 0) is 43.2 Å². The first-order valence-corrected chi connectivity index (χ1v) is 9.66. The van der Waals surface area contributed by atoms with Crippen LogP contribution >= 0.6 is 11.3 Å². The number of aryl methyl sites for hydroxylation is 1. The first kappa shape index (κ1) is 20.5. The fourth-order valence-corrected chi connectivity index (χ4v) is 3.80. The number of hydrogen-bond acceptors (Lipinski definition) is 8. The number of carbonyl (C=O) groups is 1. The van der Waals surface area contributed by atoms with Crippen LogP contribution < -0.4 is 25.3 Å². The minimum absolute atomic E-state index is 0.157. The summed E-state index contributed by atoms with van der Waals surface area (Å²) in [6.45, 7) is 4.06. The lowest BCUT2D eigenvalue weighted by Crippen LogP contribution is -2.06. The normalized spacial score (nSPS) is 10.5. The van der Waals surface area contributed by atoms with Crippen LogP contribution in [0.4, 0.5) is 16.6 Å². The fourth-order valence-electron chi connectivity index (χ4n) is 2.95. The van der Waals surface area contributed by atoms with Gasteiger partial charge in [0.2, 0.25) is 11.5 Å². The summed E-state index contributed by atoms with van der Waals surface area (Å²) in [5, 5.41) is 3.79. The van der Waals surface area contributed by atoms with Crippen LogP contribution in [-0.2, 0) is 0 Å². The molecule has 0 saturated carbocycles. The van der Waals surface area contributed by atoms with Crippen molar-refractivity contribution in [2.45, 2.75) is 13.8 Å². The van der Waals surface area contributed by atoms with Gasteiger partial charge in [-0.15, -0.1) is 0 Å². The second-order valence-electron chi connectivity index (χ2n) is 6.32. The molecular weight excluding hydrogens is 390 g/mol. The highest BCUT2D eigenvalue weighted by Gasteiger charge is 2.25. The van der Waals surface area contributed by atoms with Gasteiger partial charge in [-0.3, -0.25) is 4.79 Å². The Balaban J connectivity index is 1.98. The molecule has 1 heterocycles. The molecule has 3 aromatic rings. The van der Waals surface area contributed by atoms with Crippen molar-refractivity contribution in [2.24, 2.45) is 0 Å². The summed E-state index contributed by atoms with van der Waals surface area (Å²) in [7, 11) is 4.48. The minimum Gasteiger partial charge on any atom is -0.493 e. The van der Waals surface area contributed by atoms with E-state index < -0.39 is 0 Å². The highest BCUT2D eigenvalue weighted by Crippen LogP contribution is 2.42. The number of nitrogens with one attached hydrogen (secondary N) is 1. The number of nitrogens with zero attached hydrogens (tertiary/aromatic N) is 1. The van der Waals surface area contributed by atoms with Crippen LogP contribution in [0.5, 0.6) is 17.2 Å². The van der Waals surface area contributed by atoms with Crippen molar-refractivity contribution in [1.29, 1.82) is 0 Å². The Kier molecular flexibility index (Phi) is 5.93. The van der Waals surface area contributed by atoms with Crippen molar-refractivity contribution in [2.75, 3.05) is 32.4 Å². The van der Waals surface area contributed by atoms with Crippen molar-refractivity contribution < 1.29 is 19.0 Å². The van der Waals surface area contributed by atoms with E-state index in [0.717, 1.165) is 16.8 Å². The van der Waals surface area contributed by atoms with E-state index in [1.54, 1.807) is 12.1 Å². The van der Waals surface area contributed by atoms with Crippen molar-refractivity contribution in [1.82, 2.24) is 4.98 Å². The number of nitrogen functional groups attached to an aromatic ring is 1. The van der Waals surface area contributed by atoms with Gasteiger partial charge in [0.1, 0.15) is 10.7 Å². The summed E-state index contributed by atoms with van der Waals surface area (Å²) < 4.78 is 16.1. The predicted molar refractivity (Wildman–Crippen MR) is 115 cm³/mol. The third kappa shape index (κ3) is 3.84. The lowest BCUT2D eigenvalue weighted by atomic mass is 10.1. The molecule has 3 rings (SSSR count). The number of ether oxygens (including phenoxy) is 3. The molecule has 0 spiro atoms. The van der Waals surface area contributed by atoms with Crippen molar-refractivity contribution in [3.05, 3.63) is 51.9 Å². The van der Waals surface area contributed by atoms with Gasteiger partial charge in [-0.25, -0.2) is 4.98 Å². The number of aromatic nitrogens is 1. The van der Waals surface area contributed by atoms with E-state index >= 15 is 0 Å². The first-order valence-electron chi connectivity index (χ1n) is 8.84. The third-order valence-electron chi connectivity index (χ3n) is 4.65. The van der Waals surface area contributed by atoms with Crippen molar-refractivity contribution in [3.8, 4) is 17.2 Å². The molecule has 0 aliphatic rings. The second-order valence-corrected chi connectivity index (χ2v) is 7.32. The Hall–Kier alpha value is -3.26. The van der Waals surface area contributed by atoms with Crippen LogP contribution in [0.25, 0.3) is 0 Å². The van der Waals surface area contributed by atoms with Crippen molar-refractivity contribution in [3.63, 3.8) is 0 Å². The molecule has 0 aliphatic carbocycles. The predicted octanol–water partition coefficient (Wildman–Crippen LogP) is 4.34. The number of nitrogens with two attached hydrogens (primary N) is 1. The molecule has 0 radical (unpaired) electrons. The molecule has 2 aromatic carbocycles. The van der Waals surface area contributed by atoms with Gasteiger partial charge in [-0.2, -0.15) is 0 Å². The zero-order valence-electron chi connectivity index (χ0n) is 17.0. The van der Waals surface area contributed by atoms with Crippen LogP contribution in [0, 0.1) is 13.8 Å². The second kappa shape index (κ2) is 8.40. The van der Waals surface area contributed by atoms with E-state index in [1.165, 1.54) is 32.7 Å². The van der Waals surface area contributed by atoms with Gasteiger partial charge in [0.25, 0.3) is 0 Å². The van der Waals surface area contributed by atoms with E-state index in [1.807, 2.05) is 32.0 Å². The SMILES string of the molecule is COc1ccc(C(=O)c2sc(Nc3cccc(C)c3C)nc2N)c(OC)c1OC. The quantitative estimate of drug-likeness (QED) is 0.556. The number of thiazole rings is 1. The lowest BCUT2D eigenvalue weighted by molar-refractivity contribution is 0.103. The maximum atomic E-state index is 13.2. The van der Waals surface area contributed by atoms with Crippen LogP contribution in [0.15, 0.2) is 30.3 Å². The minimum atomic E-state index is -0.299. The lowest BCUT2D eigenvalue weighted by Gasteiger charge is -2.14. The van der Waals surface area contributed by atoms with E-state index in [2.05, 4.69) is 10.3 Å². The Morgan fingerprint density at radius 3 is 2.41 bits per heavy atom. The molecule has 0 fully saturated rings. The molecule has 152 valence electrons. The number of anilines is 3. The van der Waals surface area contributed by atoms with Crippen LogP contribution in [-0.4, -0.2) is 32.1 Å². The Morgan fingerprint density at radius 1 is 1.03 bits per heavy atom. The largest absolute Gasteiger partial charge is 0.493 e. The molecule has 29 heavy (non-hydrogen) atoms. The molecule has 0 saturated heterocycles. The number of hydrogen-bond donors (Lipinski definition) is 2. The molecule has 1 aromatic heterocycles. The van der Waals surface area contributed by atoms with E-state index in [-0.39, 0.29) is 17.4 Å². The highest BCUT2D eigenvalue weighted by atomic mass is 32.1. The fraction of sp³-hybridized carbons (Fsp3) is 0.238.